The second kappa shape index (κ2) is 8.47. The number of anilines is 2. The number of nitro groups is 1. The molecule has 13 heteroatoms. The second-order valence-electron chi connectivity index (χ2n) is 5.43. The molecule has 2 aromatic carbocycles. The van der Waals surface area contributed by atoms with Crippen molar-refractivity contribution < 1.29 is 41.5 Å². The van der Waals surface area contributed by atoms with Crippen LogP contribution < -0.4 is 9.64 Å². The summed E-state index contributed by atoms with van der Waals surface area (Å²) in [4.78, 5) is 22.2. The van der Waals surface area contributed by atoms with Gasteiger partial charge in [0.15, 0.2) is 0 Å². The Kier molecular flexibility index (Phi) is 6.47. The van der Waals surface area contributed by atoms with E-state index < -0.39 is 57.9 Å². The lowest BCUT2D eigenvalue weighted by Crippen LogP contribution is -2.25. The Hall–Kier alpha value is -3.15. The molecule has 7 nitrogen and oxygen atoms in total. The molecule has 0 saturated heterocycles. The minimum Gasteiger partial charge on any atom is -0.478 e. The van der Waals surface area contributed by atoms with Gasteiger partial charge in [0.25, 0.3) is 12.1 Å². The first kappa shape index (κ1) is 22.1. The van der Waals surface area contributed by atoms with E-state index in [9.17, 15) is 36.9 Å². The molecule has 2 aromatic rings. The Labute approximate surface area is 164 Å². The third-order valence-corrected chi connectivity index (χ3v) is 3.80. The number of carboxylic acid groups (broad SMARTS) is 1. The standard InChI is InChI=1S/C16H10ClF5N2O5/c17-11-6-12(13(24(27)28)5-10(11)15(25)26)23(7-14(18)19)8-1-3-9(4-2-8)29-16(20,21)22/h1-6,14H,7H2,(H,25,26). The SMILES string of the molecule is O=C(O)c1cc([N+](=O)[O-])c(N(CC(F)F)c2ccc(OC(F)(F)F)cc2)cc1Cl. The topological polar surface area (TPSA) is 92.9 Å². The number of aromatic carboxylic acids is 1. The molecule has 0 heterocycles. The fraction of sp³-hybridized carbons (Fsp3) is 0.188. The van der Waals surface area contributed by atoms with Gasteiger partial charge >= 0.3 is 12.3 Å². The first-order valence-electron chi connectivity index (χ1n) is 7.51. The average Bonchev–Trinajstić information content (AvgIpc) is 2.58. The molecule has 0 atom stereocenters. The van der Waals surface area contributed by atoms with Crippen molar-refractivity contribution in [2.45, 2.75) is 12.8 Å². The van der Waals surface area contributed by atoms with E-state index in [-0.39, 0.29) is 5.69 Å². The van der Waals surface area contributed by atoms with Crippen molar-refractivity contribution in [1.29, 1.82) is 0 Å². The molecule has 156 valence electrons. The van der Waals surface area contributed by atoms with Crippen molar-refractivity contribution in [3.63, 3.8) is 0 Å². The molecule has 0 aromatic heterocycles. The summed E-state index contributed by atoms with van der Waals surface area (Å²) >= 11 is 5.80. The van der Waals surface area contributed by atoms with Gasteiger partial charge in [-0.2, -0.15) is 0 Å². The van der Waals surface area contributed by atoms with E-state index in [1.807, 2.05) is 0 Å². The number of carbonyl (C=O) groups is 1. The Bertz CT molecular complexity index is 921. The fourth-order valence-corrected chi connectivity index (χ4v) is 2.62. The summed E-state index contributed by atoms with van der Waals surface area (Å²) in [6.07, 6.45) is -7.97. The van der Waals surface area contributed by atoms with Crippen LogP contribution in [0.4, 0.5) is 39.0 Å². The Morgan fingerprint density at radius 1 is 1.24 bits per heavy atom. The highest BCUT2D eigenvalue weighted by molar-refractivity contribution is 6.34. The van der Waals surface area contributed by atoms with Crippen LogP contribution in [0, 0.1) is 10.1 Å². The van der Waals surface area contributed by atoms with Gasteiger partial charge < -0.3 is 14.7 Å². The zero-order valence-corrected chi connectivity index (χ0v) is 14.7. The Morgan fingerprint density at radius 2 is 1.83 bits per heavy atom. The minimum atomic E-state index is -4.97. The van der Waals surface area contributed by atoms with Crippen LogP contribution >= 0.6 is 11.6 Å². The van der Waals surface area contributed by atoms with Crippen LogP contribution in [0.1, 0.15) is 10.4 Å². The molecule has 0 radical (unpaired) electrons. The predicted octanol–water partition coefficient (Wildman–Crippen LogP) is 5.25. The minimum absolute atomic E-state index is 0.137. The van der Waals surface area contributed by atoms with Gasteiger partial charge in [0.1, 0.15) is 11.4 Å². The second-order valence-corrected chi connectivity index (χ2v) is 5.83. The maximum atomic E-state index is 13.1. The molecule has 0 saturated carbocycles. The van der Waals surface area contributed by atoms with Crippen molar-refractivity contribution >= 4 is 34.6 Å². The number of alkyl halides is 5. The Balaban J connectivity index is 2.57. The summed E-state index contributed by atoms with van der Waals surface area (Å²) in [5, 5.41) is 19.9. The summed E-state index contributed by atoms with van der Waals surface area (Å²) in [6, 6.07) is 5.06. The van der Waals surface area contributed by atoms with Gasteiger partial charge in [-0.15, -0.1) is 13.2 Å². The normalized spacial score (nSPS) is 11.4. The molecular weight excluding hydrogens is 431 g/mol. The molecule has 0 aliphatic rings. The summed E-state index contributed by atoms with van der Waals surface area (Å²) in [7, 11) is 0. The van der Waals surface area contributed by atoms with Gasteiger partial charge in [0, 0.05) is 11.8 Å². The van der Waals surface area contributed by atoms with Crippen LogP contribution in [0.2, 0.25) is 5.02 Å². The first-order valence-corrected chi connectivity index (χ1v) is 7.89. The first-order chi connectivity index (χ1) is 13.4. The van der Waals surface area contributed by atoms with E-state index in [1.165, 1.54) is 0 Å². The van der Waals surface area contributed by atoms with Crippen molar-refractivity contribution in [3.8, 4) is 5.75 Å². The summed E-state index contributed by atoms with van der Waals surface area (Å²) in [5.41, 5.74) is -2.05. The molecule has 29 heavy (non-hydrogen) atoms. The molecule has 0 bridgehead atoms. The number of rotatable bonds is 7. The van der Waals surface area contributed by atoms with E-state index >= 15 is 0 Å². The van der Waals surface area contributed by atoms with Gasteiger partial charge in [-0.1, -0.05) is 11.6 Å². The molecular formula is C16H10ClF5N2O5. The molecule has 1 N–H and O–H groups in total. The molecule has 0 fully saturated rings. The molecule has 0 aliphatic heterocycles. The summed E-state index contributed by atoms with van der Waals surface area (Å²) in [5.74, 6) is -2.20. The van der Waals surface area contributed by atoms with Gasteiger partial charge in [-0.05, 0) is 30.3 Å². The lowest BCUT2D eigenvalue weighted by Gasteiger charge is -2.25. The molecule has 0 unspecified atom stereocenters. The number of nitro benzene ring substituents is 1. The highest BCUT2D eigenvalue weighted by Gasteiger charge is 2.31. The largest absolute Gasteiger partial charge is 0.573 e. The van der Waals surface area contributed by atoms with E-state index in [0.29, 0.717) is 6.07 Å². The number of nitrogens with zero attached hydrogens (tertiary/aromatic N) is 2. The zero-order chi connectivity index (χ0) is 21.9. The lowest BCUT2D eigenvalue weighted by atomic mass is 10.1. The van der Waals surface area contributed by atoms with Gasteiger partial charge in [0.05, 0.1) is 22.1 Å². The van der Waals surface area contributed by atoms with E-state index in [0.717, 1.165) is 35.2 Å². The van der Waals surface area contributed by atoms with Crippen LogP contribution in [0.5, 0.6) is 5.75 Å². The van der Waals surface area contributed by atoms with Crippen LogP contribution in [-0.4, -0.2) is 35.3 Å². The number of carboxylic acids is 1. The number of hydrogen-bond donors (Lipinski definition) is 1. The van der Waals surface area contributed by atoms with E-state index in [1.54, 1.807) is 0 Å². The monoisotopic (exact) mass is 440 g/mol. The predicted molar refractivity (Wildman–Crippen MR) is 91.2 cm³/mol. The molecule has 0 aliphatic carbocycles. The quantitative estimate of drug-likeness (QED) is 0.359. The van der Waals surface area contributed by atoms with Crippen molar-refractivity contribution in [2.24, 2.45) is 0 Å². The third-order valence-electron chi connectivity index (χ3n) is 3.48. The summed E-state index contributed by atoms with van der Waals surface area (Å²) in [6.45, 7) is -1.08. The van der Waals surface area contributed by atoms with Gasteiger partial charge in [-0.25, -0.2) is 13.6 Å². The van der Waals surface area contributed by atoms with Gasteiger partial charge in [-0.3, -0.25) is 10.1 Å². The summed E-state index contributed by atoms with van der Waals surface area (Å²) < 4.78 is 66.6. The zero-order valence-electron chi connectivity index (χ0n) is 14.0. The number of halogens is 6. The van der Waals surface area contributed by atoms with Gasteiger partial charge in [0.2, 0.25) is 0 Å². The van der Waals surface area contributed by atoms with E-state index in [4.69, 9.17) is 16.7 Å². The number of ether oxygens (including phenoxy) is 1. The van der Waals surface area contributed by atoms with Crippen LogP contribution in [-0.2, 0) is 0 Å². The van der Waals surface area contributed by atoms with Crippen molar-refractivity contribution in [2.75, 3.05) is 11.4 Å². The maximum Gasteiger partial charge on any atom is 0.573 e. The van der Waals surface area contributed by atoms with E-state index in [2.05, 4.69) is 4.74 Å². The third kappa shape index (κ3) is 5.67. The smallest absolute Gasteiger partial charge is 0.478 e. The van der Waals surface area contributed by atoms with Crippen molar-refractivity contribution in [3.05, 3.63) is 57.1 Å². The van der Waals surface area contributed by atoms with Crippen molar-refractivity contribution in [1.82, 2.24) is 0 Å². The van der Waals surface area contributed by atoms with Crippen LogP contribution in [0.3, 0.4) is 0 Å². The fourth-order valence-electron chi connectivity index (χ4n) is 2.39. The average molecular weight is 441 g/mol. The molecule has 2 rings (SSSR count). The van der Waals surface area contributed by atoms with Crippen LogP contribution in [0.25, 0.3) is 0 Å². The highest BCUT2D eigenvalue weighted by atomic mass is 35.5. The Morgan fingerprint density at radius 3 is 2.28 bits per heavy atom. The maximum absolute atomic E-state index is 13.1. The molecule has 0 amide bonds. The lowest BCUT2D eigenvalue weighted by molar-refractivity contribution is -0.384. The highest BCUT2D eigenvalue weighted by Crippen LogP contribution is 2.39. The van der Waals surface area contributed by atoms with Crippen LogP contribution in [0.15, 0.2) is 36.4 Å². The number of hydrogen-bond acceptors (Lipinski definition) is 5. The molecule has 0 spiro atoms. The number of benzene rings is 2.